The summed E-state index contributed by atoms with van der Waals surface area (Å²) in [7, 11) is 0. The van der Waals surface area contributed by atoms with Crippen molar-refractivity contribution in [2.75, 3.05) is 39.3 Å². The van der Waals surface area contributed by atoms with Gasteiger partial charge in [0.15, 0.2) is 0 Å². The van der Waals surface area contributed by atoms with Gasteiger partial charge < -0.3 is 5.11 Å². The number of piperazine rings is 1. The van der Waals surface area contributed by atoms with E-state index in [4.69, 9.17) is 0 Å². The van der Waals surface area contributed by atoms with Crippen LogP contribution in [-0.2, 0) is 11.3 Å². The molecule has 2 aliphatic heterocycles. The summed E-state index contributed by atoms with van der Waals surface area (Å²) in [4.78, 5) is 23.1. The van der Waals surface area contributed by atoms with Gasteiger partial charge in [-0.25, -0.2) is 4.98 Å². The van der Waals surface area contributed by atoms with Crippen molar-refractivity contribution in [1.29, 1.82) is 0 Å². The predicted octanol–water partition coefficient (Wildman–Crippen LogP) is 1.05. The van der Waals surface area contributed by atoms with E-state index < -0.39 is 5.97 Å². The maximum Gasteiger partial charge on any atom is 0.309 e. The van der Waals surface area contributed by atoms with Crippen LogP contribution in [0.5, 0.6) is 0 Å². The number of aromatic nitrogens is 1. The summed E-state index contributed by atoms with van der Waals surface area (Å²) in [5.74, 6) is -0.950. The summed E-state index contributed by atoms with van der Waals surface area (Å²) in [5.41, 5.74) is 0. The molecule has 0 aromatic carbocycles. The lowest BCUT2D eigenvalue weighted by Gasteiger charge is -2.41. The quantitative estimate of drug-likeness (QED) is 0.886. The predicted molar refractivity (Wildman–Crippen MR) is 90.6 cm³/mol. The minimum absolute atomic E-state index is 0.284. The number of fused-ring (bicyclic) bond motifs is 1. The highest BCUT2D eigenvalue weighted by Gasteiger charge is 2.36. The second kappa shape index (κ2) is 7.25. The molecular weight excluding hydrogens is 312 g/mol. The van der Waals surface area contributed by atoms with Gasteiger partial charge in [-0.05, 0) is 13.8 Å². The van der Waals surface area contributed by atoms with Gasteiger partial charge >= 0.3 is 5.97 Å². The summed E-state index contributed by atoms with van der Waals surface area (Å²) in [6.07, 6.45) is 1.86. The molecule has 2 saturated heterocycles. The first-order chi connectivity index (χ1) is 11.0. The summed E-state index contributed by atoms with van der Waals surface area (Å²) < 4.78 is 0. The molecule has 3 rings (SSSR count). The number of carboxylic acid groups (broad SMARTS) is 1. The van der Waals surface area contributed by atoms with Crippen LogP contribution in [0.15, 0.2) is 11.6 Å². The molecule has 128 valence electrons. The number of thiazole rings is 1. The van der Waals surface area contributed by atoms with Crippen LogP contribution in [0.25, 0.3) is 0 Å². The molecule has 0 bridgehead atoms. The molecule has 0 spiro atoms. The Bertz CT molecular complexity index is 522. The molecular formula is C16H26N4O2S. The van der Waals surface area contributed by atoms with Gasteiger partial charge in [-0.3, -0.25) is 19.5 Å². The molecule has 0 saturated carbocycles. The van der Waals surface area contributed by atoms with Gasteiger partial charge in [-0.15, -0.1) is 11.3 Å². The molecule has 23 heavy (non-hydrogen) atoms. The first-order valence-electron chi connectivity index (χ1n) is 8.34. The van der Waals surface area contributed by atoms with Gasteiger partial charge in [-0.1, -0.05) is 0 Å². The zero-order valence-electron chi connectivity index (χ0n) is 13.9. The van der Waals surface area contributed by atoms with E-state index in [1.54, 1.807) is 11.3 Å². The van der Waals surface area contributed by atoms with Gasteiger partial charge in [0.1, 0.15) is 5.01 Å². The van der Waals surface area contributed by atoms with Crippen LogP contribution in [0.2, 0.25) is 0 Å². The lowest BCUT2D eigenvalue weighted by Crippen LogP contribution is -2.56. The Morgan fingerprint density at radius 3 is 2.83 bits per heavy atom. The topological polar surface area (TPSA) is 59.9 Å². The van der Waals surface area contributed by atoms with Crippen LogP contribution in [0.3, 0.4) is 0 Å². The summed E-state index contributed by atoms with van der Waals surface area (Å²) >= 11 is 1.71. The summed E-state index contributed by atoms with van der Waals surface area (Å²) in [6, 6.07) is 0.793. The highest BCUT2D eigenvalue weighted by molar-refractivity contribution is 7.09. The monoisotopic (exact) mass is 338 g/mol. The number of carbonyl (C=O) groups is 1. The first-order valence-corrected chi connectivity index (χ1v) is 9.22. The van der Waals surface area contributed by atoms with Gasteiger partial charge in [0, 0.05) is 62.9 Å². The minimum Gasteiger partial charge on any atom is -0.481 e. The maximum absolute atomic E-state index is 11.6. The number of carboxylic acids is 1. The highest BCUT2D eigenvalue weighted by atomic mass is 32.1. The van der Waals surface area contributed by atoms with Crippen LogP contribution in [0.1, 0.15) is 18.9 Å². The molecule has 2 fully saturated rings. The Labute approximate surface area is 141 Å². The van der Waals surface area contributed by atoms with E-state index in [2.05, 4.69) is 33.5 Å². The van der Waals surface area contributed by atoms with Crippen molar-refractivity contribution < 1.29 is 9.90 Å². The van der Waals surface area contributed by atoms with Gasteiger partial charge in [0.25, 0.3) is 0 Å². The number of rotatable bonds is 4. The normalized spacial score (nSPS) is 27.8. The molecule has 3 heterocycles. The SMILES string of the molecule is CC(C)N1CC(C(=O)O)CN2CCN(Cc3nccs3)CC2C1. The molecule has 0 amide bonds. The lowest BCUT2D eigenvalue weighted by molar-refractivity contribution is -0.142. The van der Waals surface area contributed by atoms with Gasteiger partial charge in [-0.2, -0.15) is 0 Å². The largest absolute Gasteiger partial charge is 0.481 e. The van der Waals surface area contributed by atoms with Gasteiger partial charge in [0.2, 0.25) is 0 Å². The van der Waals surface area contributed by atoms with Crippen molar-refractivity contribution in [3.63, 3.8) is 0 Å². The number of nitrogens with zero attached hydrogens (tertiary/aromatic N) is 4. The van der Waals surface area contributed by atoms with Crippen LogP contribution >= 0.6 is 11.3 Å². The van der Waals surface area contributed by atoms with E-state index in [0.29, 0.717) is 25.2 Å². The molecule has 1 aromatic heterocycles. The fourth-order valence-electron chi connectivity index (χ4n) is 3.58. The third-order valence-corrected chi connectivity index (χ3v) is 5.73. The van der Waals surface area contributed by atoms with E-state index in [1.807, 2.05) is 11.6 Å². The Hall–Kier alpha value is -1.02. The fourth-order valence-corrected chi connectivity index (χ4v) is 4.24. The molecule has 1 N–H and O–H groups in total. The van der Waals surface area contributed by atoms with Crippen LogP contribution < -0.4 is 0 Å². The van der Waals surface area contributed by atoms with Crippen LogP contribution in [0.4, 0.5) is 0 Å². The van der Waals surface area contributed by atoms with E-state index in [0.717, 1.165) is 37.7 Å². The lowest BCUT2D eigenvalue weighted by atomic mass is 10.1. The summed E-state index contributed by atoms with van der Waals surface area (Å²) in [5, 5.41) is 12.7. The number of hydrogen-bond donors (Lipinski definition) is 1. The standard InChI is InChI=1S/C16H26N4O2S/c1-12(2)20-8-13(16(21)22)7-19-5-4-18(9-14(19)10-20)11-15-17-3-6-23-15/h3,6,12-14H,4-5,7-11H2,1-2H3,(H,21,22). The van der Waals surface area contributed by atoms with Crippen LogP contribution in [-0.4, -0.2) is 82.1 Å². The molecule has 2 atom stereocenters. The molecule has 2 unspecified atom stereocenters. The first kappa shape index (κ1) is 16.8. The van der Waals surface area contributed by atoms with Crippen molar-refractivity contribution in [1.82, 2.24) is 19.7 Å². The second-order valence-electron chi connectivity index (χ2n) is 6.89. The van der Waals surface area contributed by atoms with Crippen molar-refractivity contribution in [3.05, 3.63) is 16.6 Å². The van der Waals surface area contributed by atoms with Crippen molar-refractivity contribution in [2.24, 2.45) is 5.92 Å². The average Bonchev–Trinajstić information content (AvgIpc) is 2.92. The van der Waals surface area contributed by atoms with E-state index in [-0.39, 0.29) is 5.92 Å². The van der Waals surface area contributed by atoms with Crippen molar-refractivity contribution >= 4 is 17.3 Å². The molecule has 7 heteroatoms. The van der Waals surface area contributed by atoms with Crippen LogP contribution in [0, 0.1) is 5.92 Å². The number of aliphatic carboxylic acids is 1. The number of hydrogen-bond acceptors (Lipinski definition) is 6. The third kappa shape index (κ3) is 4.09. The molecule has 1 aromatic rings. The average molecular weight is 338 g/mol. The molecule has 0 aliphatic carbocycles. The Kier molecular flexibility index (Phi) is 5.31. The fraction of sp³-hybridized carbons (Fsp3) is 0.750. The third-order valence-electron chi connectivity index (χ3n) is 4.97. The highest BCUT2D eigenvalue weighted by Crippen LogP contribution is 2.21. The van der Waals surface area contributed by atoms with Gasteiger partial charge in [0.05, 0.1) is 12.5 Å². The smallest absolute Gasteiger partial charge is 0.309 e. The Balaban J connectivity index is 1.68. The maximum atomic E-state index is 11.6. The molecule has 0 radical (unpaired) electrons. The van der Waals surface area contributed by atoms with Crippen molar-refractivity contribution in [3.8, 4) is 0 Å². The van der Waals surface area contributed by atoms with E-state index in [9.17, 15) is 9.90 Å². The Morgan fingerprint density at radius 2 is 2.17 bits per heavy atom. The Morgan fingerprint density at radius 1 is 1.35 bits per heavy atom. The van der Waals surface area contributed by atoms with Crippen molar-refractivity contribution in [2.45, 2.75) is 32.5 Å². The molecule has 2 aliphatic rings. The molecule has 6 nitrogen and oxygen atoms in total. The zero-order chi connectivity index (χ0) is 16.4. The second-order valence-corrected chi connectivity index (χ2v) is 7.87. The minimum atomic E-state index is -0.665. The van der Waals surface area contributed by atoms with E-state index in [1.165, 1.54) is 0 Å². The zero-order valence-corrected chi connectivity index (χ0v) is 14.7. The summed E-state index contributed by atoms with van der Waals surface area (Å²) in [6.45, 7) is 10.4. The van der Waals surface area contributed by atoms with E-state index >= 15 is 0 Å².